The van der Waals surface area contributed by atoms with Crippen molar-refractivity contribution in [2.45, 2.75) is 38.3 Å². The normalized spacial score (nSPS) is 18.9. The Morgan fingerprint density at radius 2 is 2.00 bits per heavy atom. The predicted octanol–water partition coefficient (Wildman–Crippen LogP) is 1.76. The fraction of sp³-hybridized carbons (Fsp3) is 0.625. The quantitative estimate of drug-likeness (QED) is 0.779. The standard InChI is InChI=1S/C16H26N2O2/c1-16(19)7-10-18(11-8-16)9-4-12-20-15-6-3-2-5-14(15)13-17/h2-3,5-6,19H,4,7-13,17H2,1H3. The van der Waals surface area contributed by atoms with Gasteiger partial charge in [0.25, 0.3) is 0 Å². The Morgan fingerprint density at radius 1 is 1.30 bits per heavy atom. The summed E-state index contributed by atoms with van der Waals surface area (Å²) in [6.07, 6.45) is 2.73. The number of likely N-dealkylation sites (tertiary alicyclic amines) is 1. The predicted molar refractivity (Wildman–Crippen MR) is 80.7 cm³/mol. The van der Waals surface area contributed by atoms with Crippen molar-refractivity contribution in [3.05, 3.63) is 29.8 Å². The number of rotatable bonds is 6. The zero-order chi connectivity index (χ0) is 14.4. The molecule has 0 atom stereocenters. The third-order valence-electron chi connectivity index (χ3n) is 4.00. The Labute approximate surface area is 121 Å². The molecule has 0 aromatic heterocycles. The maximum Gasteiger partial charge on any atom is 0.123 e. The second kappa shape index (κ2) is 7.07. The Balaban J connectivity index is 1.67. The number of hydrogen-bond donors (Lipinski definition) is 2. The molecule has 2 rings (SSSR count). The fourth-order valence-corrected chi connectivity index (χ4v) is 2.54. The summed E-state index contributed by atoms with van der Waals surface area (Å²) in [4.78, 5) is 2.40. The topological polar surface area (TPSA) is 58.7 Å². The Bertz CT molecular complexity index is 411. The molecule has 1 heterocycles. The van der Waals surface area contributed by atoms with E-state index in [1.165, 1.54) is 0 Å². The highest BCUT2D eigenvalue weighted by molar-refractivity contribution is 5.32. The SMILES string of the molecule is CC1(O)CCN(CCCOc2ccccc2CN)CC1. The molecule has 1 aromatic rings. The van der Waals surface area contributed by atoms with Gasteiger partial charge in [-0.1, -0.05) is 18.2 Å². The van der Waals surface area contributed by atoms with Gasteiger partial charge in [0.15, 0.2) is 0 Å². The van der Waals surface area contributed by atoms with Gasteiger partial charge in [0.05, 0.1) is 12.2 Å². The molecule has 0 spiro atoms. The molecule has 4 nitrogen and oxygen atoms in total. The summed E-state index contributed by atoms with van der Waals surface area (Å²) in [6.45, 7) is 6.14. The van der Waals surface area contributed by atoms with Crippen LogP contribution in [0.3, 0.4) is 0 Å². The van der Waals surface area contributed by atoms with Crippen molar-refractivity contribution in [1.82, 2.24) is 4.90 Å². The molecule has 4 heteroatoms. The molecular formula is C16H26N2O2. The van der Waals surface area contributed by atoms with Crippen molar-refractivity contribution in [1.29, 1.82) is 0 Å². The lowest BCUT2D eigenvalue weighted by molar-refractivity contribution is -0.00603. The highest BCUT2D eigenvalue weighted by Gasteiger charge is 2.26. The smallest absolute Gasteiger partial charge is 0.123 e. The molecule has 1 fully saturated rings. The van der Waals surface area contributed by atoms with E-state index in [-0.39, 0.29) is 0 Å². The minimum atomic E-state index is -0.465. The van der Waals surface area contributed by atoms with Gasteiger partial charge < -0.3 is 20.5 Å². The second-order valence-electron chi connectivity index (χ2n) is 5.85. The van der Waals surface area contributed by atoms with Crippen LogP contribution in [-0.2, 0) is 6.54 Å². The van der Waals surface area contributed by atoms with Crippen LogP contribution in [0.2, 0.25) is 0 Å². The van der Waals surface area contributed by atoms with Gasteiger partial charge in [0.2, 0.25) is 0 Å². The average Bonchev–Trinajstić information content (AvgIpc) is 2.45. The summed E-state index contributed by atoms with van der Waals surface area (Å²) < 4.78 is 5.80. The van der Waals surface area contributed by atoms with Crippen LogP contribution < -0.4 is 10.5 Å². The number of nitrogens with two attached hydrogens (primary N) is 1. The van der Waals surface area contributed by atoms with Gasteiger partial charge in [-0.25, -0.2) is 0 Å². The van der Waals surface area contributed by atoms with Gasteiger partial charge >= 0.3 is 0 Å². The van der Waals surface area contributed by atoms with Crippen LogP contribution in [-0.4, -0.2) is 41.8 Å². The van der Waals surface area contributed by atoms with Gasteiger partial charge in [0.1, 0.15) is 5.75 Å². The van der Waals surface area contributed by atoms with E-state index < -0.39 is 5.60 Å². The monoisotopic (exact) mass is 278 g/mol. The molecule has 20 heavy (non-hydrogen) atoms. The maximum absolute atomic E-state index is 9.91. The first-order chi connectivity index (χ1) is 9.61. The van der Waals surface area contributed by atoms with Crippen LogP contribution in [0.1, 0.15) is 31.7 Å². The van der Waals surface area contributed by atoms with E-state index in [0.29, 0.717) is 13.2 Å². The molecule has 3 N–H and O–H groups in total. The van der Waals surface area contributed by atoms with Gasteiger partial charge in [-0.15, -0.1) is 0 Å². The third kappa shape index (κ3) is 4.47. The highest BCUT2D eigenvalue weighted by Crippen LogP contribution is 2.21. The summed E-state index contributed by atoms with van der Waals surface area (Å²) in [5, 5.41) is 9.91. The van der Waals surface area contributed by atoms with Crippen LogP contribution in [0.25, 0.3) is 0 Å². The zero-order valence-electron chi connectivity index (χ0n) is 12.3. The van der Waals surface area contributed by atoms with Crippen molar-refractivity contribution in [3.63, 3.8) is 0 Å². The van der Waals surface area contributed by atoms with Gasteiger partial charge in [-0.3, -0.25) is 0 Å². The van der Waals surface area contributed by atoms with E-state index in [2.05, 4.69) is 4.90 Å². The van der Waals surface area contributed by atoms with Crippen molar-refractivity contribution in [3.8, 4) is 5.75 Å². The van der Waals surface area contributed by atoms with Crippen LogP contribution in [0.15, 0.2) is 24.3 Å². The molecule has 0 aliphatic carbocycles. The molecule has 0 bridgehead atoms. The van der Waals surface area contributed by atoms with Gasteiger partial charge in [0, 0.05) is 31.7 Å². The van der Waals surface area contributed by atoms with Gasteiger partial charge in [-0.2, -0.15) is 0 Å². The molecule has 0 amide bonds. The number of benzene rings is 1. The van der Waals surface area contributed by atoms with E-state index in [1.54, 1.807) is 0 Å². The number of aliphatic hydroxyl groups is 1. The number of para-hydroxylation sites is 1. The van der Waals surface area contributed by atoms with E-state index in [9.17, 15) is 5.11 Å². The summed E-state index contributed by atoms with van der Waals surface area (Å²) in [7, 11) is 0. The highest BCUT2D eigenvalue weighted by atomic mass is 16.5. The van der Waals surface area contributed by atoms with Crippen molar-refractivity contribution >= 4 is 0 Å². The maximum atomic E-state index is 9.91. The molecule has 0 saturated carbocycles. The number of ether oxygens (including phenoxy) is 1. The summed E-state index contributed by atoms with van der Waals surface area (Å²) in [5.74, 6) is 0.900. The first-order valence-corrected chi connectivity index (χ1v) is 7.46. The zero-order valence-corrected chi connectivity index (χ0v) is 12.3. The molecule has 1 saturated heterocycles. The van der Waals surface area contributed by atoms with Crippen molar-refractivity contribution < 1.29 is 9.84 Å². The molecule has 0 unspecified atom stereocenters. The lowest BCUT2D eigenvalue weighted by atomic mass is 9.94. The minimum Gasteiger partial charge on any atom is -0.493 e. The van der Waals surface area contributed by atoms with Crippen LogP contribution >= 0.6 is 0 Å². The molecule has 1 aromatic carbocycles. The first-order valence-electron chi connectivity index (χ1n) is 7.46. The molecule has 0 radical (unpaired) electrons. The summed E-state index contributed by atoms with van der Waals surface area (Å²) >= 11 is 0. The lowest BCUT2D eigenvalue weighted by Crippen LogP contribution is -2.42. The summed E-state index contributed by atoms with van der Waals surface area (Å²) in [6, 6.07) is 7.93. The third-order valence-corrected chi connectivity index (χ3v) is 4.00. The number of nitrogens with zero attached hydrogens (tertiary/aromatic N) is 1. The molecule has 1 aliphatic heterocycles. The van der Waals surface area contributed by atoms with Crippen LogP contribution in [0.5, 0.6) is 5.75 Å². The van der Waals surface area contributed by atoms with Crippen molar-refractivity contribution in [2.75, 3.05) is 26.2 Å². The minimum absolute atomic E-state index is 0.465. The van der Waals surface area contributed by atoms with E-state index in [1.807, 2.05) is 31.2 Å². The van der Waals surface area contributed by atoms with Crippen LogP contribution in [0.4, 0.5) is 0 Å². The Kier molecular flexibility index (Phi) is 5.40. The second-order valence-corrected chi connectivity index (χ2v) is 5.85. The average molecular weight is 278 g/mol. The Morgan fingerprint density at radius 3 is 2.70 bits per heavy atom. The number of hydrogen-bond acceptors (Lipinski definition) is 4. The Hall–Kier alpha value is -1.10. The van der Waals surface area contributed by atoms with Gasteiger partial charge in [-0.05, 0) is 32.3 Å². The fourth-order valence-electron chi connectivity index (χ4n) is 2.54. The molecular weight excluding hydrogens is 252 g/mol. The molecule has 112 valence electrons. The summed E-state index contributed by atoms with van der Waals surface area (Å²) in [5.41, 5.74) is 6.28. The van der Waals surface area contributed by atoms with Crippen molar-refractivity contribution in [2.24, 2.45) is 5.73 Å². The van der Waals surface area contributed by atoms with E-state index in [4.69, 9.17) is 10.5 Å². The molecule has 1 aliphatic rings. The first kappa shape index (κ1) is 15.3. The van der Waals surface area contributed by atoms with Crippen LogP contribution in [0, 0.1) is 0 Å². The van der Waals surface area contributed by atoms with E-state index in [0.717, 1.165) is 50.2 Å². The largest absolute Gasteiger partial charge is 0.493 e. The number of piperidine rings is 1. The van der Waals surface area contributed by atoms with E-state index >= 15 is 0 Å². The lowest BCUT2D eigenvalue weighted by Gasteiger charge is -2.35.